The van der Waals surface area contributed by atoms with E-state index < -0.39 is 29.7 Å². The van der Waals surface area contributed by atoms with E-state index in [1.165, 1.54) is 57.1 Å². The fraction of sp³-hybridized carbons (Fsp3) is 0.452. The molecule has 1 unspecified atom stereocenters. The normalized spacial score (nSPS) is 14.4. The third kappa shape index (κ3) is 11.8. The first-order valence-electron chi connectivity index (χ1n) is 18.5. The summed E-state index contributed by atoms with van der Waals surface area (Å²) in [7, 11) is 0. The van der Waals surface area contributed by atoms with Crippen LogP contribution in [0.4, 0.5) is 13.2 Å². The van der Waals surface area contributed by atoms with Crippen LogP contribution >= 0.6 is 0 Å². The van der Waals surface area contributed by atoms with Crippen LogP contribution in [0.5, 0.6) is 5.75 Å². The molecule has 1 atom stereocenters. The standard InChI is InChI=1S/C42H51F3N2O4/c1-2-3-4-5-6-7-8-9-10-11-12-13-14-15-16-21-38(48)47-29-28-32-30-34(26-27-36(32)39(47)40(46)49)51-41(50)37-20-18-17-19-35(37)31-22-24-33(25-23-31)42(43,44)45/h9-10,17-20,22-27,30,39H,2-8,11-16,21,28-29H2,1H3,(H2,46,49). The molecule has 2 amide bonds. The highest BCUT2D eigenvalue weighted by atomic mass is 19.4. The monoisotopic (exact) mass is 704 g/mol. The lowest BCUT2D eigenvalue weighted by Gasteiger charge is -2.35. The molecule has 0 spiro atoms. The third-order valence-electron chi connectivity index (χ3n) is 9.47. The highest BCUT2D eigenvalue weighted by Crippen LogP contribution is 2.35. The van der Waals surface area contributed by atoms with Gasteiger partial charge in [-0.25, -0.2) is 4.79 Å². The van der Waals surface area contributed by atoms with Gasteiger partial charge in [0.2, 0.25) is 11.8 Å². The maximum Gasteiger partial charge on any atom is 0.416 e. The molecule has 6 nitrogen and oxygen atoms in total. The Morgan fingerprint density at radius 2 is 1.45 bits per heavy atom. The van der Waals surface area contributed by atoms with E-state index in [1.54, 1.807) is 47.4 Å². The average Bonchev–Trinajstić information content (AvgIpc) is 3.12. The van der Waals surface area contributed by atoms with E-state index in [4.69, 9.17) is 10.5 Å². The highest BCUT2D eigenvalue weighted by Gasteiger charge is 2.35. The van der Waals surface area contributed by atoms with Gasteiger partial charge in [0.1, 0.15) is 11.8 Å². The number of ether oxygens (including phenoxy) is 1. The van der Waals surface area contributed by atoms with E-state index in [1.807, 2.05) is 0 Å². The van der Waals surface area contributed by atoms with E-state index in [0.29, 0.717) is 36.1 Å². The lowest BCUT2D eigenvalue weighted by molar-refractivity contribution is -0.140. The average molecular weight is 705 g/mol. The Kier molecular flexibility index (Phi) is 15.3. The molecule has 4 rings (SSSR count). The molecule has 1 aliphatic heterocycles. The Bertz CT molecular complexity index is 1620. The van der Waals surface area contributed by atoms with Crippen LogP contribution in [0.3, 0.4) is 0 Å². The number of carbonyl (C=O) groups is 3. The molecular formula is C42H51F3N2O4. The molecule has 0 saturated carbocycles. The fourth-order valence-corrected chi connectivity index (χ4v) is 6.65. The molecule has 0 aromatic heterocycles. The van der Waals surface area contributed by atoms with E-state index in [0.717, 1.165) is 56.2 Å². The summed E-state index contributed by atoms with van der Waals surface area (Å²) in [6.07, 6.45) is 16.2. The molecular weight excluding hydrogens is 653 g/mol. The number of nitrogens with zero attached hydrogens (tertiary/aromatic N) is 1. The zero-order chi connectivity index (χ0) is 36.6. The number of alkyl halides is 3. The van der Waals surface area contributed by atoms with E-state index in [2.05, 4.69) is 19.1 Å². The second-order valence-electron chi connectivity index (χ2n) is 13.3. The number of amides is 2. The number of benzene rings is 3. The van der Waals surface area contributed by atoms with Crippen molar-refractivity contribution >= 4 is 17.8 Å². The van der Waals surface area contributed by atoms with Crippen molar-refractivity contribution in [3.8, 4) is 16.9 Å². The Morgan fingerprint density at radius 3 is 2.10 bits per heavy atom. The van der Waals surface area contributed by atoms with Gasteiger partial charge in [-0.05, 0) is 91.1 Å². The topological polar surface area (TPSA) is 89.7 Å². The lowest BCUT2D eigenvalue weighted by Crippen LogP contribution is -2.45. The van der Waals surface area contributed by atoms with Crippen molar-refractivity contribution in [2.75, 3.05) is 6.54 Å². The molecule has 1 heterocycles. The molecule has 1 aliphatic rings. The maximum atomic E-state index is 13.3. The van der Waals surface area contributed by atoms with Crippen LogP contribution in [0.1, 0.15) is 130 Å². The van der Waals surface area contributed by atoms with Gasteiger partial charge in [-0.15, -0.1) is 0 Å². The number of hydrogen-bond acceptors (Lipinski definition) is 4. The molecule has 2 N–H and O–H groups in total. The summed E-state index contributed by atoms with van der Waals surface area (Å²) in [6, 6.07) is 15.1. The van der Waals surface area contributed by atoms with Gasteiger partial charge >= 0.3 is 12.1 Å². The molecule has 0 bridgehead atoms. The number of hydrogen-bond donors (Lipinski definition) is 1. The van der Waals surface area contributed by atoms with Crippen LogP contribution in [0, 0.1) is 0 Å². The number of esters is 1. The van der Waals surface area contributed by atoms with Gasteiger partial charge in [0, 0.05) is 13.0 Å². The highest BCUT2D eigenvalue weighted by molar-refractivity contribution is 5.98. The smallest absolute Gasteiger partial charge is 0.416 e. The van der Waals surface area contributed by atoms with Crippen molar-refractivity contribution in [1.82, 2.24) is 4.90 Å². The van der Waals surface area contributed by atoms with E-state index in [9.17, 15) is 27.6 Å². The van der Waals surface area contributed by atoms with Crippen LogP contribution in [0.15, 0.2) is 78.9 Å². The minimum atomic E-state index is -4.47. The third-order valence-corrected chi connectivity index (χ3v) is 9.47. The van der Waals surface area contributed by atoms with Crippen molar-refractivity contribution in [2.45, 2.75) is 115 Å². The summed E-state index contributed by atoms with van der Waals surface area (Å²) in [4.78, 5) is 40.7. The first-order chi connectivity index (χ1) is 24.6. The number of nitrogens with two attached hydrogens (primary N) is 1. The molecule has 3 aromatic carbocycles. The predicted octanol–water partition coefficient (Wildman–Crippen LogP) is 10.5. The minimum Gasteiger partial charge on any atom is -0.423 e. The number of halogens is 3. The summed E-state index contributed by atoms with van der Waals surface area (Å²) in [5.41, 5.74) is 7.46. The minimum absolute atomic E-state index is 0.0996. The van der Waals surface area contributed by atoms with Crippen LogP contribution in [-0.4, -0.2) is 29.2 Å². The predicted molar refractivity (Wildman–Crippen MR) is 195 cm³/mol. The first kappa shape index (κ1) is 39.4. The summed E-state index contributed by atoms with van der Waals surface area (Å²) in [6.45, 7) is 2.56. The molecule has 0 radical (unpaired) electrons. The maximum absolute atomic E-state index is 13.3. The SMILES string of the molecule is CCCCCCCCC=CCCCCCCCC(=O)N1CCc2cc(OC(=O)c3ccccc3-c3ccc(C(F)(F)F)cc3)ccc2C1C(N)=O. The molecule has 9 heteroatoms. The molecule has 51 heavy (non-hydrogen) atoms. The number of primary amides is 1. The van der Waals surface area contributed by atoms with Crippen LogP contribution in [0.2, 0.25) is 0 Å². The summed E-state index contributed by atoms with van der Waals surface area (Å²) >= 11 is 0. The van der Waals surface area contributed by atoms with E-state index >= 15 is 0 Å². The second-order valence-corrected chi connectivity index (χ2v) is 13.3. The second kappa shape index (κ2) is 19.8. The molecule has 0 aliphatic carbocycles. The fourth-order valence-electron chi connectivity index (χ4n) is 6.65. The Hall–Kier alpha value is -4.40. The van der Waals surface area contributed by atoms with Gasteiger partial charge in [0.15, 0.2) is 0 Å². The molecule has 3 aromatic rings. The zero-order valence-corrected chi connectivity index (χ0v) is 29.7. The molecule has 0 fully saturated rings. The lowest BCUT2D eigenvalue weighted by atomic mass is 9.91. The molecule has 0 saturated heterocycles. The Labute approximate surface area is 300 Å². The van der Waals surface area contributed by atoms with Crippen molar-refractivity contribution in [1.29, 1.82) is 0 Å². The van der Waals surface area contributed by atoms with Crippen molar-refractivity contribution in [3.05, 3.63) is 101 Å². The quantitative estimate of drug-likeness (QED) is 0.0582. The number of allylic oxidation sites excluding steroid dienone is 2. The number of unbranched alkanes of at least 4 members (excludes halogenated alkanes) is 11. The number of rotatable bonds is 19. The van der Waals surface area contributed by atoms with Gasteiger partial charge in [0.05, 0.1) is 11.1 Å². The zero-order valence-electron chi connectivity index (χ0n) is 29.7. The van der Waals surface area contributed by atoms with Gasteiger partial charge in [0.25, 0.3) is 0 Å². The molecule has 274 valence electrons. The van der Waals surface area contributed by atoms with Gasteiger partial charge in [-0.2, -0.15) is 13.2 Å². The number of fused-ring (bicyclic) bond motifs is 1. The van der Waals surface area contributed by atoms with Gasteiger partial charge < -0.3 is 15.4 Å². The largest absolute Gasteiger partial charge is 0.423 e. The van der Waals surface area contributed by atoms with Crippen molar-refractivity contribution < 1.29 is 32.3 Å². The Balaban J connectivity index is 1.25. The first-order valence-corrected chi connectivity index (χ1v) is 18.5. The van der Waals surface area contributed by atoms with Crippen LogP contribution in [-0.2, 0) is 22.2 Å². The van der Waals surface area contributed by atoms with E-state index in [-0.39, 0.29) is 17.2 Å². The Morgan fingerprint density at radius 1 is 0.824 bits per heavy atom. The van der Waals surface area contributed by atoms with Crippen LogP contribution in [0.25, 0.3) is 11.1 Å². The summed E-state index contributed by atoms with van der Waals surface area (Å²) in [5, 5.41) is 0. The van der Waals surface area contributed by atoms with Crippen molar-refractivity contribution in [2.24, 2.45) is 5.73 Å². The van der Waals surface area contributed by atoms with Gasteiger partial charge in [-0.3, -0.25) is 9.59 Å². The van der Waals surface area contributed by atoms with Crippen molar-refractivity contribution in [3.63, 3.8) is 0 Å². The van der Waals surface area contributed by atoms with Gasteiger partial charge in [-0.1, -0.05) is 107 Å². The number of carbonyl (C=O) groups excluding carboxylic acids is 3. The summed E-state index contributed by atoms with van der Waals surface area (Å²) < 4.78 is 44.9. The van der Waals surface area contributed by atoms with Crippen LogP contribution < -0.4 is 10.5 Å². The summed E-state index contributed by atoms with van der Waals surface area (Å²) in [5.74, 6) is -1.15.